The fourth-order valence-corrected chi connectivity index (χ4v) is 11.3. The molecule has 4 heteroatoms. The Balaban J connectivity index is 0.980. The summed E-state index contributed by atoms with van der Waals surface area (Å²) in [7, 11) is 0. The predicted molar refractivity (Wildman–Crippen MR) is 250 cm³/mol. The highest BCUT2D eigenvalue weighted by Gasteiger charge is 2.19. The molecule has 0 N–H and O–H groups in total. The fraction of sp³-hybridized carbons (Fsp3) is 0. The van der Waals surface area contributed by atoms with Gasteiger partial charge in [-0.25, -0.2) is 0 Å². The number of anilines is 3. The molecule has 272 valence electrons. The maximum atomic E-state index is 6.28. The van der Waals surface area contributed by atoms with Gasteiger partial charge in [-0.1, -0.05) is 133 Å². The Bertz CT molecular complexity index is 3500. The van der Waals surface area contributed by atoms with Gasteiger partial charge in [0.05, 0.1) is 0 Å². The summed E-state index contributed by atoms with van der Waals surface area (Å²) < 4.78 is 11.5. The largest absolute Gasteiger partial charge is 0.456 e. The molecule has 0 fully saturated rings. The lowest BCUT2D eigenvalue weighted by Crippen LogP contribution is -2.09. The third-order valence-electron chi connectivity index (χ3n) is 11.5. The maximum absolute atomic E-state index is 6.28. The van der Waals surface area contributed by atoms with Gasteiger partial charge in [0.1, 0.15) is 11.2 Å². The second kappa shape index (κ2) is 13.3. The van der Waals surface area contributed by atoms with Gasteiger partial charge in [-0.15, -0.1) is 22.7 Å². The molecule has 3 aromatic heterocycles. The molecule has 12 rings (SSSR count). The molecule has 0 unspecified atom stereocenters. The number of hydrogen-bond donors (Lipinski definition) is 0. The molecule has 0 saturated carbocycles. The van der Waals surface area contributed by atoms with Crippen molar-refractivity contribution < 1.29 is 4.42 Å². The number of benzene rings is 9. The van der Waals surface area contributed by atoms with E-state index in [0.717, 1.165) is 28.2 Å². The van der Waals surface area contributed by atoms with E-state index in [1.807, 2.05) is 28.7 Å². The summed E-state index contributed by atoms with van der Waals surface area (Å²) in [5, 5.41) is 7.50. The summed E-state index contributed by atoms with van der Waals surface area (Å²) in [6.45, 7) is 0. The van der Waals surface area contributed by atoms with Crippen LogP contribution in [0.3, 0.4) is 0 Å². The van der Waals surface area contributed by atoms with Crippen LogP contribution < -0.4 is 4.90 Å². The highest BCUT2D eigenvalue weighted by molar-refractivity contribution is 7.27. The number of para-hydroxylation sites is 1. The average molecular weight is 776 g/mol. The number of hydrogen-bond acceptors (Lipinski definition) is 4. The van der Waals surface area contributed by atoms with Crippen molar-refractivity contribution in [3.05, 3.63) is 200 Å². The maximum Gasteiger partial charge on any atom is 0.136 e. The molecule has 0 radical (unpaired) electrons. The summed E-state index contributed by atoms with van der Waals surface area (Å²) in [6, 6.07) is 72.6. The quantitative estimate of drug-likeness (QED) is 0.167. The third-order valence-corrected chi connectivity index (χ3v) is 13.9. The Morgan fingerprint density at radius 1 is 0.328 bits per heavy atom. The second-order valence-corrected chi connectivity index (χ2v) is 16.9. The highest BCUT2D eigenvalue weighted by atomic mass is 32.1. The summed E-state index contributed by atoms with van der Waals surface area (Å²) in [4.78, 5) is 2.39. The minimum Gasteiger partial charge on any atom is -0.456 e. The first-order valence-corrected chi connectivity index (χ1v) is 21.2. The minimum absolute atomic E-state index is 0.931. The van der Waals surface area contributed by atoms with Crippen molar-refractivity contribution in [2.45, 2.75) is 0 Å². The number of furan rings is 1. The smallest absolute Gasteiger partial charge is 0.136 e. The fourth-order valence-electron chi connectivity index (χ4n) is 8.78. The standard InChI is InChI=1S/C54H33NOS2/c1-2-11-34(12-3-1)40-13-4-5-14-41(40)35-21-25-37(26-22-35)55(39-29-32-51-47(33-39)43-15-7-9-20-50(43)57-51)38-27-23-36(24-28-38)42-17-10-18-44-45-30-31-49-52(54(45)58-53(42)44)46-16-6-8-19-48(46)56-49/h1-33H. The molecule has 12 aromatic rings. The number of thiophene rings is 2. The van der Waals surface area contributed by atoms with E-state index in [0.29, 0.717) is 0 Å². The van der Waals surface area contributed by atoms with Crippen molar-refractivity contribution in [2.24, 2.45) is 0 Å². The molecule has 0 atom stereocenters. The Hall–Kier alpha value is -6.98. The third kappa shape index (κ3) is 5.30. The molecule has 0 amide bonds. The van der Waals surface area contributed by atoms with Crippen molar-refractivity contribution in [1.82, 2.24) is 0 Å². The number of rotatable bonds is 6. The van der Waals surface area contributed by atoms with E-state index in [9.17, 15) is 0 Å². The number of nitrogens with zero attached hydrogens (tertiary/aromatic N) is 1. The zero-order valence-electron chi connectivity index (χ0n) is 31.2. The lowest BCUT2D eigenvalue weighted by molar-refractivity contribution is 0.669. The van der Waals surface area contributed by atoms with Crippen LogP contribution in [0.2, 0.25) is 0 Å². The van der Waals surface area contributed by atoms with Crippen molar-refractivity contribution in [3.63, 3.8) is 0 Å². The first-order valence-electron chi connectivity index (χ1n) is 19.6. The van der Waals surface area contributed by atoms with Gasteiger partial charge >= 0.3 is 0 Å². The topological polar surface area (TPSA) is 16.4 Å². The SMILES string of the molecule is c1ccc(-c2ccccc2-c2ccc(N(c3ccc(-c4cccc5c4sc4c5ccc5oc6ccccc6c54)cc3)c3ccc4sc5ccccc5c4c3)cc2)cc1. The number of fused-ring (bicyclic) bond motifs is 10. The lowest BCUT2D eigenvalue weighted by Gasteiger charge is -2.26. The molecule has 0 saturated heterocycles. The van der Waals surface area contributed by atoms with Crippen LogP contribution >= 0.6 is 22.7 Å². The average Bonchev–Trinajstić information content (AvgIpc) is 3.98. The van der Waals surface area contributed by atoms with Gasteiger partial charge in [0.25, 0.3) is 0 Å². The molecule has 0 aliphatic rings. The molecule has 0 aliphatic heterocycles. The Morgan fingerprint density at radius 2 is 0.897 bits per heavy atom. The lowest BCUT2D eigenvalue weighted by atomic mass is 9.94. The van der Waals surface area contributed by atoms with Crippen LogP contribution in [0, 0.1) is 0 Å². The Morgan fingerprint density at radius 3 is 1.67 bits per heavy atom. The van der Waals surface area contributed by atoms with Gasteiger partial charge in [-0.3, -0.25) is 0 Å². The molecular weight excluding hydrogens is 743 g/mol. The van der Waals surface area contributed by atoms with Gasteiger partial charge in [0, 0.05) is 68.2 Å². The van der Waals surface area contributed by atoms with E-state index in [-0.39, 0.29) is 0 Å². The normalized spacial score (nSPS) is 11.8. The van der Waals surface area contributed by atoms with Gasteiger partial charge in [0.15, 0.2) is 0 Å². The Kier molecular flexibility index (Phi) is 7.62. The van der Waals surface area contributed by atoms with Crippen LogP contribution in [0.25, 0.3) is 95.7 Å². The van der Waals surface area contributed by atoms with Crippen LogP contribution in [0.5, 0.6) is 0 Å². The molecule has 2 nitrogen and oxygen atoms in total. The molecule has 0 aliphatic carbocycles. The summed E-state index contributed by atoms with van der Waals surface area (Å²) >= 11 is 3.72. The van der Waals surface area contributed by atoms with Crippen molar-refractivity contribution in [1.29, 1.82) is 0 Å². The van der Waals surface area contributed by atoms with E-state index in [4.69, 9.17) is 4.42 Å². The first-order chi connectivity index (χ1) is 28.7. The van der Waals surface area contributed by atoms with E-state index in [1.165, 1.54) is 84.5 Å². The second-order valence-electron chi connectivity index (χ2n) is 14.8. The molecule has 9 aromatic carbocycles. The van der Waals surface area contributed by atoms with E-state index in [2.05, 4.69) is 199 Å². The van der Waals surface area contributed by atoms with Crippen LogP contribution in [0.1, 0.15) is 0 Å². The molecule has 0 spiro atoms. The predicted octanol–water partition coefficient (Wildman–Crippen LogP) is 16.8. The van der Waals surface area contributed by atoms with Crippen LogP contribution in [-0.4, -0.2) is 0 Å². The Labute approximate surface area is 343 Å². The van der Waals surface area contributed by atoms with Crippen molar-refractivity contribution in [2.75, 3.05) is 4.90 Å². The van der Waals surface area contributed by atoms with Gasteiger partial charge in [-0.05, 0) is 100 Å². The molecule has 3 heterocycles. The van der Waals surface area contributed by atoms with Crippen molar-refractivity contribution in [3.8, 4) is 33.4 Å². The van der Waals surface area contributed by atoms with Gasteiger partial charge in [-0.2, -0.15) is 0 Å². The van der Waals surface area contributed by atoms with Crippen LogP contribution in [-0.2, 0) is 0 Å². The summed E-state index contributed by atoms with van der Waals surface area (Å²) in [5.74, 6) is 0. The summed E-state index contributed by atoms with van der Waals surface area (Å²) in [6.07, 6.45) is 0. The van der Waals surface area contributed by atoms with Gasteiger partial charge in [0.2, 0.25) is 0 Å². The van der Waals surface area contributed by atoms with Crippen molar-refractivity contribution >= 4 is 102 Å². The summed E-state index contributed by atoms with van der Waals surface area (Å²) in [5.41, 5.74) is 12.5. The molecular formula is C54H33NOS2. The van der Waals surface area contributed by atoms with Crippen LogP contribution in [0.15, 0.2) is 205 Å². The first kappa shape index (κ1) is 33.2. The molecule has 0 bridgehead atoms. The van der Waals surface area contributed by atoms with E-state index in [1.54, 1.807) is 0 Å². The monoisotopic (exact) mass is 775 g/mol. The van der Waals surface area contributed by atoms with Gasteiger partial charge < -0.3 is 9.32 Å². The van der Waals surface area contributed by atoms with Crippen LogP contribution in [0.4, 0.5) is 17.1 Å². The van der Waals surface area contributed by atoms with E-state index < -0.39 is 0 Å². The highest BCUT2D eigenvalue weighted by Crippen LogP contribution is 2.46. The zero-order valence-corrected chi connectivity index (χ0v) is 32.9. The zero-order chi connectivity index (χ0) is 38.2. The van der Waals surface area contributed by atoms with E-state index >= 15 is 0 Å². The molecule has 58 heavy (non-hydrogen) atoms. The minimum atomic E-state index is 0.931.